The average Bonchev–Trinajstić information content (AvgIpc) is 3.15. The third-order valence-corrected chi connectivity index (χ3v) is 5.19. The van der Waals surface area contributed by atoms with Crippen molar-refractivity contribution in [3.63, 3.8) is 0 Å². The molecule has 4 heteroatoms. The Morgan fingerprint density at radius 2 is 2.05 bits per heavy atom. The van der Waals surface area contributed by atoms with Gasteiger partial charge in [0.25, 0.3) is 5.91 Å². The van der Waals surface area contributed by atoms with Crippen LogP contribution in [0, 0.1) is 0 Å². The fourth-order valence-electron chi connectivity index (χ4n) is 2.97. The van der Waals surface area contributed by atoms with Gasteiger partial charge in [0, 0.05) is 12.2 Å². The number of nitrogens with two attached hydrogens (primary N) is 1. The minimum atomic E-state index is -0.0618. The molecule has 2 atom stereocenters. The number of quaternary nitrogens is 1. The maximum atomic E-state index is 12.7. The van der Waals surface area contributed by atoms with E-state index in [0.717, 1.165) is 18.7 Å². The van der Waals surface area contributed by atoms with Crippen LogP contribution in [-0.2, 0) is 11.2 Å². The molecular formula is C17H21N2OS+. The molecule has 0 radical (unpaired) electrons. The maximum absolute atomic E-state index is 12.7. The Labute approximate surface area is 129 Å². The van der Waals surface area contributed by atoms with Gasteiger partial charge in [-0.1, -0.05) is 24.3 Å². The lowest BCUT2D eigenvalue weighted by Crippen LogP contribution is -2.92. The minimum Gasteiger partial charge on any atom is -0.330 e. The van der Waals surface area contributed by atoms with Crippen LogP contribution in [0.5, 0.6) is 0 Å². The number of carbonyl (C=O) groups is 1. The van der Waals surface area contributed by atoms with Crippen molar-refractivity contribution in [2.75, 3.05) is 11.4 Å². The molecular weight excluding hydrogens is 280 g/mol. The summed E-state index contributed by atoms with van der Waals surface area (Å²) in [5.41, 5.74) is 2.37. The van der Waals surface area contributed by atoms with Crippen LogP contribution in [0.25, 0.3) is 0 Å². The van der Waals surface area contributed by atoms with Crippen LogP contribution in [0.15, 0.2) is 41.8 Å². The largest absolute Gasteiger partial charge is 0.330 e. The van der Waals surface area contributed by atoms with Crippen LogP contribution in [-0.4, -0.2) is 18.5 Å². The Morgan fingerprint density at radius 1 is 1.24 bits per heavy atom. The van der Waals surface area contributed by atoms with Gasteiger partial charge in [-0.05, 0) is 43.3 Å². The second kappa shape index (κ2) is 6.00. The van der Waals surface area contributed by atoms with Crippen LogP contribution < -0.4 is 10.2 Å². The molecule has 110 valence electrons. The molecule has 2 heterocycles. The van der Waals surface area contributed by atoms with Gasteiger partial charge in [-0.25, -0.2) is 0 Å². The summed E-state index contributed by atoms with van der Waals surface area (Å²) in [7, 11) is 0. The summed E-state index contributed by atoms with van der Waals surface area (Å²) >= 11 is 1.75. The van der Waals surface area contributed by atoms with E-state index in [2.05, 4.69) is 41.9 Å². The number of thiophene rings is 1. The van der Waals surface area contributed by atoms with Crippen molar-refractivity contribution in [1.29, 1.82) is 0 Å². The van der Waals surface area contributed by atoms with Crippen LogP contribution in [0.4, 0.5) is 5.69 Å². The highest BCUT2D eigenvalue weighted by Crippen LogP contribution is 2.27. The zero-order chi connectivity index (χ0) is 14.8. The average molecular weight is 301 g/mol. The van der Waals surface area contributed by atoms with Crippen molar-refractivity contribution in [3.8, 4) is 0 Å². The van der Waals surface area contributed by atoms with Crippen molar-refractivity contribution in [2.24, 2.45) is 0 Å². The van der Waals surface area contributed by atoms with E-state index >= 15 is 0 Å². The fraction of sp³-hybridized carbons (Fsp3) is 0.353. The Bertz CT molecular complexity index is 623. The number of para-hydroxylation sites is 1. The molecule has 3 rings (SSSR count). The summed E-state index contributed by atoms with van der Waals surface area (Å²) in [6.45, 7) is 4.98. The number of hydrogen-bond acceptors (Lipinski definition) is 2. The molecule has 0 spiro atoms. The Morgan fingerprint density at radius 3 is 2.81 bits per heavy atom. The van der Waals surface area contributed by atoms with Gasteiger partial charge < -0.3 is 10.2 Å². The molecule has 2 N–H and O–H groups in total. The van der Waals surface area contributed by atoms with E-state index in [0.29, 0.717) is 6.04 Å². The first-order chi connectivity index (χ1) is 10.2. The topological polar surface area (TPSA) is 36.9 Å². The van der Waals surface area contributed by atoms with Gasteiger partial charge in [-0.15, -0.1) is 11.3 Å². The van der Waals surface area contributed by atoms with Crippen LogP contribution >= 0.6 is 11.3 Å². The number of anilines is 1. The zero-order valence-electron chi connectivity index (χ0n) is 12.5. The van der Waals surface area contributed by atoms with Gasteiger partial charge in [0.15, 0.2) is 6.04 Å². The maximum Gasteiger partial charge on any atom is 0.284 e. The first-order valence-electron chi connectivity index (χ1n) is 7.44. The molecule has 0 fully saturated rings. The summed E-state index contributed by atoms with van der Waals surface area (Å²) in [6, 6.07) is 12.7. The summed E-state index contributed by atoms with van der Waals surface area (Å²) in [6.07, 6.45) is 0.967. The smallest absolute Gasteiger partial charge is 0.284 e. The van der Waals surface area contributed by atoms with E-state index in [1.54, 1.807) is 11.3 Å². The number of hydrogen-bond donors (Lipinski definition) is 1. The molecule has 0 unspecified atom stereocenters. The molecule has 1 amide bonds. The first-order valence-corrected chi connectivity index (χ1v) is 8.32. The molecule has 0 aliphatic carbocycles. The molecule has 0 saturated heterocycles. The van der Waals surface area contributed by atoms with Gasteiger partial charge in [0.05, 0.1) is 4.88 Å². The SMILES string of the molecule is C[C@H]([NH2+][C@H](C)C(=O)N1CCc2ccccc21)c1cccs1. The molecule has 1 aliphatic heterocycles. The van der Waals surface area contributed by atoms with Crippen molar-refractivity contribution in [2.45, 2.75) is 32.4 Å². The molecule has 3 nitrogen and oxygen atoms in total. The van der Waals surface area contributed by atoms with Gasteiger partial charge in [0.1, 0.15) is 6.04 Å². The van der Waals surface area contributed by atoms with Crippen molar-refractivity contribution in [3.05, 3.63) is 52.2 Å². The lowest BCUT2D eigenvalue weighted by Gasteiger charge is -2.22. The number of amides is 1. The monoisotopic (exact) mass is 301 g/mol. The lowest BCUT2D eigenvalue weighted by molar-refractivity contribution is -0.709. The highest BCUT2D eigenvalue weighted by atomic mass is 32.1. The molecule has 21 heavy (non-hydrogen) atoms. The predicted molar refractivity (Wildman–Crippen MR) is 86.6 cm³/mol. The quantitative estimate of drug-likeness (QED) is 0.925. The Hall–Kier alpha value is -1.65. The summed E-state index contributed by atoms with van der Waals surface area (Å²) in [4.78, 5) is 16.0. The number of rotatable bonds is 4. The van der Waals surface area contributed by atoms with E-state index < -0.39 is 0 Å². The Kier molecular flexibility index (Phi) is 4.08. The molecule has 1 aromatic heterocycles. The van der Waals surface area contributed by atoms with Crippen LogP contribution in [0.3, 0.4) is 0 Å². The minimum absolute atomic E-state index is 0.0618. The van der Waals surface area contributed by atoms with Crippen molar-refractivity contribution >= 4 is 22.9 Å². The van der Waals surface area contributed by atoms with Gasteiger partial charge in [-0.2, -0.15) is 0 Å². The third-order valence-electron chi connectivity index (χ3n) is 4.11. The zero-order valence-corrected chi connectivity index (χ0v) is 13.3. The molecule has 0 bridgehead atoms. The molecule has 0 saturated carbocycles. The van der Waals surface area contributed by atoms with Gasteiger partial charge >= 0.3 is 0 Å². The fourth-order valence-corrected chi connectivity index (χ4v) is 3.74. The van der Waals surface area contributed by atoms with Crippen LogP contribution in [0.2, 0.25) is 0 Å². The normalized spacial score (nSPS) is 16.6. The number of nitrogens with zero attached hydrogens (tertiary/aromatic N) is 1. The van der Waals surface area contributed by atoms with E-state index in [-0.39, 0.29) is 11.9 Å². The number of benzene rings is 1. The van der Waals surface area contributed by atoms with E-state index in [4.69, 9.17) is 0 Å². The molecule has 2 aromatic rings. The second-order valence-corrected chi connectivity index (χ2v) is 6.63. The highest BCUT2D eigenvalue weighted by molar-refractivity contribution is 7.10. The van der Waals surface area contributed by atoms with E-state index in [1.165, 1.54) is 10.4 Å². The molecule has 1 aliphatic rings. The van der Waals surface area contributed by atoms with Crippen molar-refractivity contribution in [1.82, 2.24) is 0 Å². The number of carbonyl (C=O) groups excluding carboxylic acids is 1. The predicted octanol–water partition coefficient (Wildman–Crippen LogP) is 2.35. The molecule has 1 aromatic carbocycles. The van der Waals surface area contributed by atoms with E-state index in [9.17, 15) is 4.79 Å². The second-order valence-electron chi connectivity index (χ2n) is 5.65. The highest BCUT2D eigenvalue weighted by Gasteiger charge is 2.30. The summed E-state index contributed by atoms with van der Waals surface area (Å²) in [5.74, 6) is 0.211. The van der Waals surface area contributed by atoms with E-state index in [1.807, 2.05) is 24.0 Å². The van der Waals surface area contributed by atoms with Gasteiger partial charge in [-0.3, -0.25) is 4.79 Å². The first kappa shape index (κ1) is 14.3. The van der Waals surface area contributed by atoms with Crippen LogP contribution in [0.1, 0.15) is 30.3 Å². The van der Waals surface area contributed by atoms with Gasteiger partial charge in [0.2, 0.25) is 0 Å². The third kappa shape index (κ3) is 2.87. The lowest BCUT2D eigenvalue weighted by atomic mass is 10.1. The summed E-state index contributed by atoms with van der Waals surface area (Å²) in [5, 5.41) is 4.25. The standard InChI is InChI=1S/C17H20N2OS/c1-12(16-8-5-11-21-16)18-13(2)17(20)19-10-9-14-6-3-4-7-15(14)19/h3-8,11-13,18H,9-10H2,1-2H3/p+1/t12-,13+/m0/s1. The van der Waals surface area contributed by atoms with Crippen molar-refractivity contribution < 1.29 is 10.1 Å². The Balaban J connectivity index is 1.68. The summed E-state index contributed by atoms with van der Waals surface area (Å²) < 4.78 is 0. The number of fused-ring (bicyclic) bond motifs is 1.